The lowest BCUT2D eigenvalue weighted by Gasteiger charge is -2.24. The molecule has 2 atom stereocenters. The van der Waals surface area contributed by atoms with Gasteiger partial charge in [-0.3, -0.25) is 4.79 Å². The number of aliphatic hydroxyl groups is 1. The molecule has 2 unspecified atom stereocenters. The second-order valence-electron chi connectivity index (χ2n) is 10.1. The van der Waals surface area contributed by atoms with Crippen LogP contribution in [0.5, 0.6) is 0 Å². The fourth-order valence-electron chi connectivity index (χ4n) is 4.46. The maximum Gasteiger partial charge on any atom is 0.305 e. The van der Waals surface area contributed by atoms with E-state index in [9.17, 15) is 9.90 Å². The zero-order valence-electron chi connectivity index (χ0n) is 24.5. The third kappa shape index (κ3) is 23.7. The van der Waals surface area contributed by atoms with Crippen molar-refractivity contribution in [2.75, 3.05) is 33.0 Å². The van der Waals surface area contributed by atoms with Crippen molar-refractivity contribution in [1.82, 2.24) is 5.32 Å². The molecule has 0 saturated carbocycles. The van der Waals surface area contributed by atoms with Crippen molar-refractivity contribution in [3.8, 4) is 0 Å². The minimum absolute atomic E-state index is 0.0162. The summed E-state index contributed by atoms with van der Waals surface area (Å²) < 4.78 is 16.9. The fraction of sp³-hybridized carbons (Fsp3) is 0.900. The number of rotatable bonds is 28. The van der Waals surface area contributed by atoms with E-state index in [1.54, 1.807) is 6.92 Å². The van der Waals surface area contributed by atoms with Crippen LogP contribution in [-0.4, -0.2) is 61.5 Å². The van der Waals surface area contributed by atoms with E-state index in [2.05, 4.69) is 12.2 Å². The molecule has 0 rings (SSSR count). The number of aliphatic hydroxyl groups excluding tert-OH is 1. The van der Waals surface area contributed by atoms with E-state index in [0.29, 0.717) is 26.4 Å². The van der Waals surface area contributed by atoms with Gasteiger partial charge in [-0.15, -0.1) is 0 Å². The van der Waals surface area contributed by atoms with Crippen LogP contribution in [0.3, 0.4) is 0 Å². The lowest BCUT2D eigenvalue weighted by molar-refractivity contribution is -0.138. The number of carboxylic acids is 1. The molecule has 0 aromatic rings. The predicted molar refractivity (Wildman–Crippen MR) is 152 cm³/mol. The quantitative estimate of drug-likeness (QED) is 0.0743. The fourth-order valence-corrected chi connectivity index (χ4v) is 4.46. The molecule has 37 heavy (non-hydrogen) atoms. The average molecular weight is 530 g/mol. The van der Waals surface area contributed by atoms with E-state index < -0.39 is 12.3 Å². The number of unbranched alkanes of at least 4 members (excludes halogenated alkanes) is 13. The van der Waals surface area contributed by atoms with Gasteiger partial charge in [0.1, 0.15) is 6.10 Å². The Bertz CT molecular complexity index is 552. The number of hydrogen-bond donors (Lipinski definition) is 3. The highest BCUT2D eigenvalue weighted by Crippen LogP contribution is 2.21. The topological polar surface area (TPSA) is 97.3 Å². The van der Waals surface area contributed by atoms with Gasteiger partial charge in [0.15, 0.2) is 6.29 Å². The summed E-state index contributed by atoms with van der Waals surface area (Å²) in [5.41, 5.74) is 2.22. The second-order valence-corrected chi connectivity index (χ2v) is 10.1. The molecule has 7 nitrogen and oxygen atoms in total. The van der Waals surface area contributed by atoms with Crippen molar-refractivity contribution in [1.29, 1.82) is 0 Å². The second kappa shape index (κ2) is 26.5. The van der Waals surface area contributed by atoms with Crippen molar-refractivity contribution < 1.29 is 29.2 Å². The van der Waals surface area contributed by atoms with E-state index in [-0.39, 0.29) is 19.1 Å². The lowest BCUT2D eigenvalue weighted by atomic mass is 9.99. The van der Waals surface area contributed by atoms with Gasteiger partial charge in [-0.05, 0) is 39.2 Å². The van der Waals surface area contributed by atoms with E-state index in [1.807, 2.05) is 13.8 Å². The molecule has 0 spiro atoms. The Kier molecular flexibility index (Phi) is 25.6. The van der Waals surface area contributed by atoms with Gasteiger partial charge in [-0.2, -0.15) is 0 Å². The Balaban J connectivity index is 4.37. The molecule has 0 saturated heterocycles. The Morgan fingerprint density at radius 2 is 1.32 bits per heavy atom. The van der Waals surface area contributed by atoms with Crippen LogP contribution in [0.2, 0.25) is 0 Å². The lowest BCUT2D eigenvalue weighted by Crippen LogP contribution is -2.29. The van der Waals surface area contributed by atoms with E-state index in [4.69, 9.17) is 19.3 Å². The highest BCUT2D eigenvalue weighted by Gasteiger charge is 2.18. The Hall–Kier alpha value is -1.15. The zero-order valence-corrected chi connectivity index (χ0v) is 24.5. The number of allylic oxidation sites excluding steroid dienone is 1. The van der Waals surface area contributed by atoms with Gasteiger partial charge in [-0.1, -0.05) is 90.4 Å². The smallest absolute Gasteiger partial charge is 0.305 e. The summed E-state index contributed by atoms with van der Waals surface area (Å²) in [5, 5.41) is 21.7. The van der Waals surface area contributed by atoms with Crippen LogP contribution in [0.1, 0.15) is 130 Å². The molecular weight excluding hydrogens is 470 g/mol. The molecule has 220 valence electrons. The van der Waals surface area contributed by atoms with Crippen LogP contribution in [0.25, 0.3) is 0 Å². The van der Waals surface area contributed by atoms with E-state index >= 15 is 0 Å². The van der Waals surface area contributed by atoms with Crippen molar-refractivity contribution in [3.05, 3.63) is 11.3 Å². The molecule has 0 aliphatic carbocycles. The highest BCUT2D eigenvalue weighted by atomic mass is 16.6. The molecule has 0 amide bonds. The van der Waals surface area contributed by atoms with Gasteiger partial charge >= 0.3 is 5.97 Å². The highest BCUT2D eigenvalue weighted by molar-refractivity contribution is 5.66. The summed E-state index contributed by atoms with van der Waals surface area (Å²) in [6.07, 6.45) is 18.6. The van der Waals surface area contributed by atoms with E-state index in [1.165, 1.54) is 89.0 Å². The molecule has 0 aliphatic heterocycles. The number of ether oxygens (including phenoxy) is 3. The van der Waals surface area contributed by atoms with Gasteiger partial charge in [0.25, 0.3) is 0 Å². The summed E-state index contributed by atoms with van der Waals surface area (Å²) >= 11 is 0. The average Bonchev–Trinajstić information content (AvgIpc) is 2.86. The molecule has 0 aromatic carbocycles. The van der Waals surface area contributed by atoms with Crippen molar-refractivity contribution in [3.63, 3.8) is 0 Å². The van der Waals surface area contributed by atoms with Crippen LogP contribution in [0, 0.1) is 0 Å². The maximum atomic E-state index is 10.6. The first-order valence-electron chi connectivity index (χ1n) is 15.1. The SMILES string of the molecule is CCCCCCCCCCCCCCCCC(=C(C)NCCOCCC(=O)O)C(COC(C)O)OCC. The Labute approximate surface area is 227 Å². The van der Waals surface area contributed by atoms with Crippen LogP contribution in [0.15, 0.2) is 11.3 Å². The Morgan fingerprint density at radius 3 is 1.81 bits per heavy atom. The van der Waals surface area contributed by atoms with Gasteiger partial charge in [-0.25, -0.2) is 0 Å². The molecule has 0 heterocycles. The monoisotopic (exact) mass is 529 g/mol. The summed E-state index contributed by atoms with van der Waals surface area (Å²) in [5.74, 6) is -0.850. The Morgan fingerprint density at radius 1 is 0.784 bits per heavy atom. The minimum atomic E-state index is -0.850. The molecule has 3 N–H and O–H groups in total. The molecule has 0 bridgehead atoms. The summed E-state index contributed by atoms with van der Waals surface area (Å²) in [4.78, 5) is 10.6. The number of carbonyl (C=O) groups is 1. The molecular formula is C30H59NO6. The largest absolute Gasteiger partial charge is 0.481 e. The minimum Gasteiger partial charge on any atom is -0.481 e. The van der Waals surface area contributed by atoms with E-state index in [0.717, 1.165) is 18.5 Å². The summed E-state index contributed by atoms with van der Waals surface area (Å²) in [6, 6.07) is 0. The van der Waals surface area contributed by atoms with Crippen molar-refractivity contribution >= 4 is 5.97 Å². The van der Waals surface area contributed by atoms with Crippen LogP contribution in [-0.2, 0) is 19.0 Å². The number of aliphatic carboxylic acids is 1. The molecule has 7 heteroatoms. The normalized spacial score (nSPS) is 13.9. The summed E-state index contributed by atoms with van der Waals surface area (Å²) in [6.45, 7) is 10.0. The van der Waals surface area contributed by atoms with Gasteiger partial charge in [0.05, 0.1) is 26.2 Å². The van der Waals surface area contributed by atoms with Crippen LogP contribution < -0.4 is 5.32 Å². The molecule has 0 fully saturated rings. The molecule has 0 aromatic heterocycles. The third-order valence-electron chi connectivity index (χ3n) is 6.62. The standard InChI is InChI=1S/C30H59NO6/c1-5-7-8-9-10-11-12-13-14-15-16-17-18-19-20-28(29(36-6-2)25-37-27(4)32)26(3)31-22-24-35-23-21-30(33)34/h27,29,31-32H,5-25H2,1-4H3,(H,33,34). The van der Waals surface area contributed by atoms with Crippen LogP contribution in [0.4, 0.5) is 0 Å². The first-order valence-corrected chi connectivity index (χ1v) is 15.1. The zero-order chi connectivity index (χ0) is 27.6. The van der Waals surface area contributed by atoms with Gasteiger partial charge in [0, 0.05) is 18.8 Å². The number of carboxylic acid groups (broad SMARTS) is 1. The number of nitrogens with one attached hydrogen (secondary N) is 1. The van der Waals surface area contributed by atoms with Gasteiger partial charge < -0.3 is 29.7 Å². The maximum absolute atomic E-state index is 10.6. The first-order chi connectivity index (χ1) is 17.9. The summed E-state index contributed by atoms with van der Waals surface area (Å²) in [7, 11) is 0. The molecule has 0 aliphatic rings. The van der Waals surface area contributed by atoms with Crippen molar-refractivity contribution in [2.45, 2.75) is 143 Å². The number of hydrogen-bond acceptors (Lipinski definition) is 6. The van der Waals surface area contributed by atoms with Crippen LogP contribution >= 0.6 is 0 Å². The first kappa shape index (κ1) is 35.9. The molecule has 0 radical (unpaired) electrons. The van der Waals surface area contributed by atoms with Crippen molar-refractivity contribution in [2.24, 2.45) is 0 Å². The predicted octanol–water partition coefficient (Wildman–Crippen LogP) is 6.97. The van der Waals surface area contributed by atoms with Gasteiger partial charge in [0.2, 0.25) is 0 Å². The third-order valence-corrected chi connectivity index (χ3v) is 6.62.